The van der Waals surface area contributed by atoms with Gasteiger partial charge >= 0.3 is 0 Å². The number of hydrogen-bond acceptors (Lipinski definition) is 3. The number of aliphatic hydroxyl groups is 2. The molecular weight excluding hydrogens is 255 g/mol. The van der Waals surface area contributed by atoms with E-state index >= 15 is 0 Å². The van der Waals surface area contributed by atoms with Crippen LogP contribution in [0.2, 0.25) is 0 Å². The summed E-state index contributed by atoms with van der Waals surface area (Å²) in [4.78, 5) is 0. The van der Waals surface area contributed by atoms with E-state index in [0.717, 1.165) is 24.3 Å². The van der Waals surface area contributed by atoms with Crippen molar-refractivity contribution in [1.29, 1.82) is 0 Å². The maximum Gasteiger partial charge on any atom is 0.0675 e. The Morgan fingerprint density at radius 1 is 0.933 bits per heavy atom. The number of rotatable bonds is 8. The van der Waals surface area contributed by atoms with Crippen LogP contribution in [0.15, 0.2) is 0 Å². The Balaban J connectivity index is 3.32. The van der Waals surface area contributed by atoms with Gasteiger partial charge in [-0.25, -0.2) is 0 Å². The van der Waals surface area contributed by atoms with Crippen LogP contribution in [0.5, 0.6) is 0 Å². The molecule has 0 radical (unpaired) electrons. The molecule has 0 aromatic carbocycles. The van der Waals surface area contributed by atoms with E-state index in [9.17, 15) is 0 Å². The van der Waals surface area contributed by atoms with Crippen LogP contribution in [0.1, 0.15) is 26.7 Å². The molecule has 0 spiro atoms. The molecule has 15 heavy (non-hydrogen) atoms. The molecule has 4 atom stereocenters. The van der Waals surface area contributed by atoms with Crippen molar-refractivity contribution in [2.24, 2.45) is 0 Å². The maximum absolute atomic E-state index is 9.14. The van der Waals surface area contributed by atoms with Crippen LogP contribution in [0.4, 0.5) is 0 Å². The van der Waals surface area contributed by atoms with Gasteiger partial charge in [0, 0.05) is 0 Å². The molecule has 5 heteroatoms. The molecule has 0 aliphatic heterocycles. The van der Waals surface area contributed by atoms with Gasteiger partial charge in [-0.2, -0.15) is 11.8 Å². The van der Waals surface area contributed by atoms with E-state index in [-0.39, 0.29) is 10.8 Å². The van der Waals surface area contributed by atoms with Crippen molar-refractivity contribution in [1.82, 2.24) is 0 Å². The Kier molecular flexibility index (Phi) is 9.45. The van der Waals surface area contributed by atoms with Gasteiger partial charge in [-0.15, -0.1) is 23.2 Å². The first-order valence-electron chi connectivity index (χ1n) is 5.17. The molecule has 0 saturated carbocycles. The summed E-state index contributed by atoms with van der Waals surface area (Å²) in [5.41, 5.74) is 0. The van der Waals surface area contributed by atoms with Crippen molar-refractivity contribution < 1.29 is 10.2 Å². The minimum Gasteiger partial charge on any atom is -0.392 e. The van der Waals surface area contributed by atoms with Crippen LogP contribution in [-0.4, -0.2) is 44.7 Å². The summed E-state index contributed by atoms with van der Waals surface area (Å²) in [5, 5.41) is 18.0. The molecule has 92 valence electrons. The third-order valence-corrected chi connectivity index (χ3v) is 4.34. The van der Waals surface area contributed by atoms with Crippen LogP contribution in [0.25, 0.3) is 0 Å². The van der Waals surface area contributed by atoms with Crippen LogP contribution < -0.4 is 0 Å². The molecule has 2 N–H and O–H groups in total. The first-order chi connectivity index (χ1) is 6.95. The summed E-state index contributed by atoms with van der Waals surface area (Å²) in [5.74, 6) is 1.84. The highest BCUT2D eigenvalue weighted by molar-refractivity contribution is 7.99. The van der Waals surface area contributed by atoms with Crippen molar-refractivity contribution in [2.75, 3.05) is 11.5 Å². The van der Waals surface area contributed by atoms with Crippen molar-refractivity contribution in [3.05, 3.63) is 0 Å². The molecule has 0 heterocycles. The molecule has 0 saturated heterocycles. The van der Waals surface area contributed by atoms with Gasteiger partial charge in [0.1, 0.15) is 0 Å². The lowest BCUT2D eigenvalue weighted by Crippen LogP contribution is -2.18. The Morgan fingerprint density at radius 3 is 1.53 bits per heavy atom. The average Bonchev–Trinajstić information content (AvgIpc) is 2.16. The number of hydrogen-bond donors (Lipinski definition) is 2. The van der Waals surface area contributed by atoms with Crippen molar-refractivity contribution in [3.8, 4) is 0 Å². The first-order valence-corrected chi connectivity index (χ1v) is 7.20. The second-order valence-corrected chi connectivity index (χ2v) is 6.05. The van der Waals surface area contributed by atoms with Gasteiger partial charge in [0.05, 0.1) is 23.0 Å². The third kappa shape index (κ3) is 8.64. The minimum absolute atomic E-state index is 0.166. The summed E-state index contributed by atoms with van der Waals surface area (Å²) >= 11 is 13.5. The Morgan fingerprint density at radius 2 is 1.27 bits per heavy atom. The fourth-order valence-electron chi connectivity index (χ4n) is 0.976. The highest BCUT2D eigenvalue weighted by Crippen LogP contribution is 2.16. The molecule has 0 aromatic heterocycles. The van der Waals surface area contributed by atoms with Crippen molar-refractivity contribution in [2.45, 2.75) is 49.7 Å². The number of halogens is 2. The fraction of sp³-hybridized carbons (Fsp3) is 1.00. The van der Waals surface area contributed by atoms with Crippen LogP contribution in [0.3, 0.4) is 0 Å². The Labute approximate surface area is 106 Å². The average molecular weight is 275 g/mol. The molecule has 0 rings (SSSR count). The summed E-state index contributed by atoms with van der Waals surface area (Å²) in [6.07, 6.45) is 0.688. The van der Waals surface area contributed by atoms with Gasteiger partial charge < -0.3 is 10.2 Å². The lowest BCUT2D eigenvalue weighted by atomic mass is 10.2. The van der Waals surface area contributed by atoms with Crippen LogP contribution in [-0.2, 0) is 0 Å². The summed E-state index contributed by atoms with van der Waals surface area (Å²) in [7, 11) is 0. The number of aliphatic hydroxyl groups excluding tert-OH is 2. The SMILES string of the molecule is CC(O)C(Cl)CCSCCC(Cl)C(C)O. The Bertz CT molecular complexity index is 140. The van der Waals surface area contributed by atoms with Crippen LogP contribution >= 0.6 is 35.0 Å². The minimum atomic E-state index is -0.453. The lowest BCUT2D eigenvalue weighted by molar-refractivity contribution is 0.187. The molecule has 0 fully saturated rings. The van der Waals surface area contributed by atoms with Gasteiger partial charge in [0.25, 0.3) is 0 Å². The second-order valence-electron chi connectivity index (χ2n) is 3.70. The first kappa shape index (κ1) is 15.9. The zero-order chi connectivity index (χ0) is 11.8. The molecule has 0 aliphatic carbocycles. The third-order valence-electron chi connectivity index (χ3n) is 2.12. The molecule has 2 nitrogen and oxygen atoms in total. The smallest absolute Gasteiger partial charge is 0.0675 e. The van der Waals surface area contributed by atoms with Crippen molar-refractivity contribution >= 4 is 35.0 Å². The highest BCUT2D eigenvalue weighted by Gasteiger charge is 2.12. The van der Waals surface area contributed by atoms with E-state index in [4.69, 9.17) is 33.4 Å². The second kappa shape index (κ2) is 8.94. The lowest BCUT2D eigenvalue weighted by Gasteiger charge is -2.13. The number of thioether (sulfide) groups is 1. The Hall–Kier alpha value is 0.850. The van der Waals surface area contributed by atoms with Gasteiger partial charge in [-0.1, -0.05) is 0 Å². The highest BCUT2D eigenvalue weighted by atomic mass is 35.5. The molecular formula is C10H20Cl2O2S. The van der Waals surface area contributed by atoms with Crippen LogP contribution in [0, 0.1) is 0 Å². The maximum atomic E-state index is 9.14. The summed E-state index contributed by atoms with van der Waals surface area (Å²) in [6, 6.07) is 0. The fourth-order valence-corrected chi connectivity index (χ4v) is 2.50. The monoisotopic (exact) mass is 274 g/mol. The largest absolute Gasteiger partial charge is 0.392 e. The normalized spacial score (nSPS) is 19.6. The van der Waals surface area contributed by atoms with E-state index in [1.54, 1.807) is 25.6 Å². The molecule has 4 unspecified atom stereocenters. The summed E-state index contributed by atoms with van der Waals surface area (Å²) in [6.45, 7) is 3.40. The molecule has 0 amide bonds. The quantitative estimate of drug-likeness (QED) is 0.528. The van der Waals surface area contributed by atoms with E-state index in [0.29, 0.717) is 0 Å². The molecule has 0 bridgehead atoms. The van der Waals surface area contributed by atoms with Gasteiger partial charge in [0.15, 0.2) is 0 Å². The zero-order valence-electron chi connectivity index (χ0n) is 9.20. The van der Waals surface area contributed by atoms with Gasteiger partial charge in [-0.3, -0.25) is 0 Å². The van der Waals surface area contributed by atoms with E-state index < -0.39 is 12.2 Å². The predicted molar refractivity (Wildman–Crippen MR) is 69.2 cm³/mol. The molecule has 0 aromatic rings. The number of alkyl halides is 2. The van der Waals surface area contributed by atoms with Crippen molar-refractivity contribution in [3.63, 3.8) is 0 Å². The standard InChI is InChI=1S/C10H20Cl2O2S/c1-7(13)9(11)3-5-15-6-4-10(12)8(2)14/h7-10,13-14H,3-6H2,1-2H3. The zero-order valence-corrected chi connectivity index (χ0v) is 11.5. The predicted octanol–water partition coefficient (Wildman–Crippen LogP) is 2.48. The topological polar surface area (TPSA) is 40.5 Å². The van der Waals surface area contributed by atoms with Gasteiger partial charge in [-0.05, 0) is 38.2 Å². The van der Waals surface area contributed by atoms with E-state index in [1.165, 1.54) is 0 Å². The van der Waals surface area contributed by atoms with E-state index in [1.807, 2.05) is 0 Å². The van der Waals surface area contributed by atoms with E-state index in [2.05, 4.69) is 0 Å². The van der Waals surface area contributed by atoms with Gasteiger partial charge in [0.2, 0.25) is 0 Å². The summed E-state index contributed by atoms with van der Waals surface area (Å²) < 4.78 is 0. The molecule has 0 aliphatic rings.